The molecule has 0 bridgehead atoms. The Morgan fingerprint density at radius 1 is 1.44 bits per heavy atom. The van der Waals surface area contributed by atoms with Crippen LogP contribution in [0.3, 0.4) is 0 Å². The highest BCUT2D eigenvalue weighted by molar-refractivity contribution is 9.10. The fourth-order valence-electron chi connectivity index (χ4n) is 1.04. The van der Waals surface area contributed by atoms with Gasteiger partial charge >= 0.3 is 0 Å². The van der Waals surface area contributed by atoms with E-state index >= 15 is 0 Å². The number of nitrogens with zero attached hydrogens (tertiary/aromatic N) is 1. The maximum Gasteiger partial charge on any atom is 0.261 e. The Bertz CT molecular complexity index is 484. The van der Waals surface area contributed by atoms with Crippen LogP contribution in [0.5, 0.6) is 0 Å². The van der Waals surface area contributed by atoms with Gasteiger partial charge in [0.2, 0.25) is 10.0 Å². The molecule has 0 aliphatic heterocycles. The summed E-state index contributed by atoms with van der Waals surface area (Å²) in [5.74, 6) is 0. The number of hydrogen-bond acceptors (Lipinski definition) is 4. The summed E-state index contributed by atoms with van der Waals surface area (Å²) in [4.78, 5) is 3.71. The van der Waals surface area contributed by atoms with Gasteiger partial charge in [0.25, 0.3) is 6.43 Å². The molecule has 1 aromatic rings. The lowest BCUT2D eigenvalue weighted by molar-refractivity contribution is 0.0199. The summed E-state index contributed by atoms with van der Waals surface area (Å²) in [5, 5.41) is 0. The van der Waals surface area contributed by atoms with Crippen LogP contribution >= 0.6 is 15.9 Å². The number of halogens is 3. The number of pyridine rings is 1. The van der Waals surface area contributed by atoms with Crippen molar-refractivity contribution < 1.29 is 21.9 Å². The van der Waals surface area contributed by atoms with E-state index in [1.165, 1.54) is 18.5 Å². The van der Waals surface area contributed by atoms with Crippen LogP contribution < -0.4 is 4.72 Å². The molecular formula is C9H11BrF2N2O3S. The molecule has 0 saturated carbocycles. The Kier molecular flexibility index (Phi) is 6.06. The zero-order chi connectivity index (χ0) is 13.6. The number of sulfonamides is 1. The summed E-state index contributed by atoms with van der Waals surface area (Å²) >= 11 is 3.10. The molecule has 1 rings (SSSR count). The summed E-state index contributed by atoms with van der Waals surface area (Å²) in [6.45, 7) is -0.910. The quantitative estimate of drug-likeness (QED) is 0.759. The molecule has 0 aliphatic carbocycles. The molecule has 0 aliphatic rings. The standard InChI is InChI=1S/C9H11BrF2N2O3S/c10-7-3-8(5-13-4-7)18(15,16)14-1-2-17-6-9(11)12/h3-5,9,14H,1-2,6H2. The summed E-state index contributed by atoms with van der Waals surface area (Å²) < 4.78 is 54.2. The normalized spacial score (nSPS) is 12.0. The van der Waals surface area contributed by atoms with Gasteiger partial charge in [-0.3, -0.25) is 4.98 Å². The van der Waals surface area contributed by atoms with Gasteiger partial charge in [0.15, 0.2) is 0 Å². The highest BCUT2D eigenvalue weighted by Gasteiger charge is 2.14. The van der Waals surface area contributed by atoms with E-state index in [1.807, 2.05) is 0 Å². The number of ether oxygens (including phenoxy) is 1. The van der Waals surface area contributed by atoms with E-state index in [0.717, 1.165) is 0 Å². The minimum Gasteiger partial charge on any atom is -0.374 e. The van der Waals surface area contributed by atoms with E-state index < -0.39 is 23.1 Å². The van der Waals surface area contributed by atoms with Crippen molar-refractivity contribution in [1.29, 1.82) is 0 Å². The van der Waals surface area contributed by atoms with E-state index in [4.69, 9.17) is 0 Å². The molecule has 0 atom stereocenters. The lowest BCUT2D eigenvalue weighted by Crippen LogP contribution is -2.28. The van der Waals surface area contributed by atoms with Crippen LogP contribution in [0, 0.1) is 0 Å². The summed E-state index contributed by atoms with van der Waals surface area (Å²) in [5.41, 5.74) is 0. The van der Waals surface area contributed by atoms with Crippen molar-refractivity contribution in [3.8, 4) is 0 Å². The van der Waals surface area contributed by atoms with Gasteiger partial charge in [0, 0.05) is 23.4 Å². The zero-order valence-electron chi connectivity index (χ0n) is 9.14. The van der Waals surface area contributed by atoms with E-state index in [2.05, 4.69) is 30.4 Å². The third kappa shape index (κ3) is 5.34. The largest absolute Gasteiger partial charge is 0.374 e. The molecule has 1 aromatic heterocycles. The van der Waals surface area contributed by atoms with Crippen LogP contribution in [0.2, 0.25) is 0 Å². The number of aromatic nitrogens is 1. The van der Waals surface area contributed by atoms with Gasteiger partial charge in [-0.05, 0) is 22.0 Å². The lowest BCUT2D eigenvalue weighted by Gasteiger charge is -2.07. The predicted molar refractivity (Wildman–Crippen MR) is 63.9 cm³/mol. The molecular weight excluding hydrogens is 334 g/mol. The van der Waals surface area contributed by atoms with Crippen molar-refractivity contribution in [2.45, 2.75) is 11.3 Å². The molecule has 0 spiro atoms. The average Bonchev–Trinajstić information content (AvgIpc) is 2.28. The van der Waals surface area contributed by atoms with E-state index in [9.17, 15) is 17.2 Å². The lowest BCUT2D eigenvalue weighted by atomic mass is 10.5. The molecule has 5 nitrogen and oxygen atoms in total. The molecule has 9 heteroatoms. The van der Waals surface area contributed by atoms with Gasteiger partial charge in [-0.25, -0.2) is 21.9 Å². The van der Waals surface area contributed by atoms with Gasteiger partial charge in [0.05, 0.1) is 6.61 Å². The highest BCUT2D eigenvalue weighted by atomic mass is 79.9. The zero-order valence-corrected chi connectivity index (χ0v) is 11.5. The van der Waals surface area contributed by atoms with E-state index in [0.29, 0.717) is 4.47 Å². The van der Waals surface area contributed by atoms with Crippen LogP contribution in [0.4, 0.5) is 8.78 Å². The SMILES string of the molecule is O=S(=O)(NCCOCC(F)F)c1cncc(Br)c1. The van der Waals surface area contributed by atoms with E-state index in [-0.39, 0.29) is 18.0 Å². The van der Waals surface area contributed by atoms with Crippen molar-refractivity contribution in [2.24, 2.45) is 0 Å². The molecule has 0 saturated heterocycles. The predicted octanol–water partition coefficient (Wildman–Crippen LogP) is 1.40. The Morgan fingerprint density at radius 2 is 2.17 bits per heavy atom. The van der Waals surface area contributed by atoms with Crippen molar-refractivity contribution in [2.75, 3.05) is 19.8 Å². The number of rotatable bonds is 7. The molecule has 18 heavy (non-hydrogen) atoms. The van der Waals surface area contributed by atoms with Gasteiger partial charge < -0.3 is 4.74 Å². The minimum absolute atomic E-state index is 0.00858. The Hall–Kier alpha value is -0.640. The monoisotopic (exact) mass is 344 g/mol. The summed E-state index contributed by atoms with van der Waals surface area (Å²) in [7, 11) is -3.69. The van der Waals surface area contributed by atoms with E-state index in [1.54, 1.807) is 0 Å². The molecule has 0 radical (unpaired) electrons. The maximum absolute atomic E-state index is 11.7. The molecule has 0 aromatic carbocycles. The fourth-order valence-corrected chi connectivity index (χ4v) is 2.56. The minimum atomic E-state index is -3.69. The van der Waals surface area contributed by atoms with Gasteiger partial charge in [-0.2, -0.15) is 0 Å². The number of nitrogens with one attached hydrogen (secondary N) is 1. The van der Waals surface area contributed by atoms with Crippen molar-refractivity contribution in [3.63, 3.8) is 0 Å². The van der Waals surface area contributed by atoms with Gasteiger partial charge in [-0.1, -0.05) is 0 Å². The second-order valence-corrected chi connectivity index (χ2v) is 5.89. The molecule has 0 unspecified atom stereocenters. The summed E-state index contributed by atoms with van der Waals surface area (Å²) in [6, 6.07) is 1.38. The molecule has 1 heterocycles. The first-order chi connectivity index (χ1) is 8.42. The third-order valence-corrected chi connectivity index (χ3v) is 3.63. The smallest absolute Gasteiger partial charge is 0.261 e. The summed E-state index contributed by atoms with van der Waals surface area (Å²) in [6.07, 6.45) is 0.0774. The Morgan fingerprint density at radius 3 is 2.78 bits per heavy atom. The first-order valence-electron chi connectivity index (χ1n) is 4.88. The van der Waals surface area contributed by atoms with Crippen molar-refractivity contribution in [3.05, 3.63) is 22.9 Å². The molecule has 0 fully saturated rings. The second kappa shape index (κ2) is 7.07. The Labute approximate surface area is 112 Å². The third-order valence-electron chi connectivity index (χ3n) is 1.77. The van der Waals surface area contributed by atoms with Crippen LogP contribution in [0.1, 0.15) is 0 Å². The van der Waals surface area contributed by atoms with Crippen LogP contribution in [0.15, 0.2) is 27.8 Å². The number of hydrogen-bond donors (Lipinski definition) is 1. The van der Waals surface area contributed by atoms with Crippen molar-refractivity contribution in [1.82, 2.24) is 9.71 Å². The number of alkyl halides is 2. The second-order valence-electron chi connectivity index (χ2n) is 3.20. The first-order valence-corrected chi connectivity index (χ1v) is 7.15. The fraction of sp³-hybridized carbons (Fsp3) is 0.444. The maximum atomic E-state index is 11.7. The molecule has 102 valence electrons. The van der Waals surface area contributed by atoms with Gasteiger partial charge in [-0.15, -0.1) is 0 Å². The topological polar surface area (TPSA) is 68.3 Å². The average molecular weight is 345 g/mol. The van der Waals surface area contributed by atoms with Crippen LogP contribution in [0.25, 0.3) is 0 Å². The molecule has 0 amide bonds. The van der Waals surface area contributed by atoms with Crippen LogP contribution in [-0.2, 0) is 14.8 Å². The van der Waals surface area contributed by atoms with Crippen LogP contribution in [-0.4, -0.2) is 39.6 Å². The van der Waals surface area contributed by atoms with Gasteiger partial charge in [0.1, 0.15) is 11.5 Å². The Balaban J connectivity index is 2.46. The highest BCUT2D eigenvalue weighted by Crippen LogP contribution is 2.13. The molecule has 1 N–H and O–H groups in total. The van der Waals surface area contributed by atoms with Crippen molar-refractivity contribution >= 4 is 26.0 Å². The first kappa shape index (κ1) is 15.4.